The standard InChI is InChI=1S/C14H22N2O2/c1-17-10-11-5-4-8-16(9-11)12-6-3-7-13(18-2)14(12)15/h3,6-7,11H,4-5,8-10,15H2,1-2H3. The normalized spacial score (nSPS) is 19.9. The molecule has 1 aromatic carbocycles. The highest BCUT2D eigenvalue weighted by atomic mass is 16.5. The monoisotopic (exact) mass is 250 g/mol. The van der Waals surface area contributed by atoms with Gasteiger partial charge in [0.15, 0.2) is 0 Å². The van der Waals surface area contributed by atoms with Crippen LogP contribution in [0.4, 0.5) is 11.4 Å². The predicted octanol–water partition coefficient (Wildman–Crippen LogP) is 2.14. The van der Waals surface area contributed by atoms with Crippen LogP contribution in [0.25, 0.3) is 0 Å². The van der Waals surface area contributed by atoms with Crippen molar-refractivity contribution in [3.63, 3.8) is 0 Å². The molecule has 0 spiro atoms. The molecule has 1 aliphatic heterocycles. The molecule has 4 nitrogen and oxygen atoms in total. The molecule has 0 aromatic heterocycles. The van der Waals surface area contributed by atoms with Crippen molar-refractivity contribution in [1.29, 1.82) is 0 Å². The summed E-state index contributed by atoms with van der Waals surface area (Å²) in [5, 5.41) is 0. The van der Waals surface area contributed by atoms with Crippen LogP contribution in [0.15, 0.2) is 18.2 Å². The number of para-hydroxylation sites is 1. The van der Waals surface area contributed by atoms with Crippen molar-refractivity contribution in [2.45, 2.75) is 12.8 Å². The van der Waals surface area contributed by atoms with E-state index in [1.165, 1.54) is 12.8 Å². The summed E-state index contributed by atoms with van der Waals surface area (Å²) in [6.45, 7) is 2.88. The molecule has 0 saturated carbocycles. The van der Waals surface area contributed by atoms with Crippen LogP contribution in [0.3, 0.4) is 0 Å². The fourth-order valence-electron chi connectivity index (χ4n) is 2.64. The van der Waals surface area contributed by atoms with Crippen LogP contribution < -0.4 is 15.4 Å². The Hall–Kier alpha value is -1.42. The molecule has 0 bridgehead atoms. The molecule has 18 heavy (non-hydrogen) atoms. The Bertz CT molecular complexity index is 393. The van der Waals surface area contributed by atoms with E-state index in [0.717, 1.165) is 36.8 Å². The van der Waals surface area contributed by atoms with Crippen LogP contribution in [0.1, 0.15) is 12.8 Å². The fraction of sp³-hybridized carbons (Fsp3) is 0.571. The predicted molar refractivity (Wildman–Crippen MR) is 74.2 cm³/mol. The average Bonchev–Trinajstić information content (AvgIpc) is 2.40. The first-order chi connectivity index (χ1) is 8.76. The molecule has 1 aliphatic rings. The molecule has 1 saturated heterocycles. The number of methoxy groups -OCH3 is 2. The smallest absolute Gasteiger partial charge is 0.143 e. The Morgan fingerprint density at radius 2 is 2.22 bits per heavy atom. The second-order valence-electron chi connectivity index (χ2n) is 4.80. The third kappa shape index (κ3) is 2.70. The maximum Gasteiger partial charge on any atom is 0.143 e. The number of nitrogens with zero attached hydrogens (tertiary/aromatic N) is 1. The summed E-state index contributed by atoms with van der Waals surface area (Å²) >= 11 is 0. The van der Waals surface area contributed by atoms with Gasteiger partial charge in [0.2, 0.25) is 0 Å². The molecule has 1 fully saturated rings. The van der Waals surface area contributed by atoms with Gasteiger partial charge in [0, 0.05) is 20.2 Å². The second kappa shape index (κ2) is 5.96. The fourth-order valence-corrected chi connectivity index (χ4v) is 2.64. The summed E-state index contributed by atoms with van der Waals surface area (Å²) in [4.78, 5) is 2.34. The zero-order valence-electron chi connectivity index (χ0n) is 11.2. The lowest BCUT2D eigenvalue weighted by Crippen LogP contribution is -2.37. The number of nitrogen functional groups attached to an aromatic ring is 1. The van der Waals surface area contributed by atoms with E-state index in [1.807, 2.05) is 12.1 Å². The Morgan fingerprint density at radius 1 is 1.39 bits per heavy atom. The molecule has 2 N–H and O–H groups in total. The summed E-state index contributed by atoms with van der Waals surface area (Å²) in [6, 6.07) is 5.95. The van der Waals surface area contributed by atoms with Gasteiger partial charge in [-0.05, 0) is 30.9 Å². The van der Waals surface area contributed by atoms with Gasteiger partial charge in [0.25, 0.3) is 0 Å². The van der Waals surface area contributed by atoms with Crippen LogP contribution in [-0.2, 0) is 4.74 Å². The molecule has 0 radical (unpaired) electrons. The number of piperidine rings is 1. The Kier molecular flexibility index (Phi) is 4.31. The number of hydrogen-bond donors (Lipinski definition) is 1. The Morgan fingerprint density at radius 3 is 2.94 bits per heavy atom. The molecule has 1 atom stereocenters. The number of rotatable bonds is 4. The van der Waals surface area contributed by atoms with Crippen LogP contribution in [-0.4, -0.2) is 33.9 Å². The van der Waals surface area contributed by atoms with Crippen molar-refractivity contribution in [3.05, 3.63) is 18.2 Å². The number of ether oxygens (including phenoxy) is 2. The SMILES string of the molecule is COCC1CCCN(c2cccc(OC)c2N)C1. The topological polar surface area (TPSA) is 47.7 Å². The minimum absolute atomic E-state index is 0.592. The highest BCUT2D eigenvalue weighted by Crippen LogP contribution is 2.34. The van der Waals surface area contributed by atoms with E-state index in [2.05, 4.69) is 11.0 Å². The van der Waals surface area contributed by atoms with Crippen molar-refractivity contribution >= 4 is 11.4 Å². The molecule has 1 unspecified atom stereocenters. The lowest BCUT2D eigenvalue weighted by Gasteiger charge is -2.35. The van der Waals surface area contributed by atoms with Gasteiger partial charge in [-0.25, -0.2) is 0 Å². The number of nitrogens with two attached hydrogens (primary N) is 1. The summed E-state index contributed by atoms with van der Waals surface area (Å²) in [6.07, 6.45) is 2.42. The molecule has 0 aliphatic carbocycles. The second-order valence-corrected chi connectivity index (χ2v) is 4.80. The summed E-state index contributed by atoms with van der Waals surface area (Å²) in [5.74, 6) is 1.34. The van der Waals surface area contributed by atoms with Crippen molar-refractivity contribution in [1.82, 2.24) is 0 Å². The van der Waals surface area contributed by atoms with E-state index in [1.54, 1.807) is 14.2 Å². The van der Waals surface area contributed by atoms with Crippen molar-refractivity contribution < 1.29 is 9.47 Å². The van der Waals surface area contributed by atoms with Gasteiger partial charge >= 0.3 is 0 Å². The third-order valence-electron chi connectivity index (χ3n) is 3.53. The van der Waals surface area contributed by atoms with Gasteiger partial charge in [0.05, 0.1) is 25.1 Å². The minimum Gasteiger partial charge on any atom is -0.495 e. The van der Waals surface area contributed by atoms with Gasteiger partial charge in [0.1, 0.15) is 5.75 Å². The number of benzene rings is 1. The van der Waals surface area contributed by atoms with Crippen LogP contribution in [0, 0.1) is 5.92 Å². The maximum absolute atomic E-state index is 6.15. The molecule has 1 aromatic rings. The van der Waals surface area contributed by atoms with Crippen LogP contribution in [0.5, 0.6) is 5.75 Å². The van der Waals surface area contributed by atoms with Crippen LogP contribution >= 0.6 is 0 Å². The lowest BCUT2D eigenvalue weighted by atomic mass is 9.98. The van der Waals surface area contributed by atoms with E-state index < -0.39 is 0 Å². The first-order valence-electron chi connectivity index (χ1n) is 6.42. The van der Waals surface area contributed by atoms with E-state index >= 15 is 0 Å². The zero-order chi connectivity index (χ0) is 13.0. The zero-order valence-corrected chi connectivity index (χ0v) is 11.2. The lowest BCUT2D eigenvalue weighted by molar-refractivity contribution is 0.143. The molecule has 100 valence electrons. The first kappa shape index (κ1) is 13.0. The summed E-state index contributed by atoms with van der Waals surface area (Å²) in [5.41, 5.74) is 7.96. The molecule has 2 rings (SSSR count). The van der Waals surface area contributed by atoms with Gasteiger partial charge in [-0.3, -0.25) is 0 Å². The third-order valence-corrected chi connectivity index (χ3v) is 3.53. The van der Waals surface area contributed by atoms with Crippen molar-refractivity contribution in [2.75, 3.05) is 44.5 Å². The Labute approximate surface area is 109 Å². The highest BCUT2D eigenvalue weighted by Gasteiger charge is 2.22. The van der Waals surface area contributed by atoms with E-state index in [-0.39, 0.29) is 0 Å². The molecule has 0 amide bonds. The average molecular weight is 250 g/mol. The van der Waals surface area contributed by atoms with Crippen molar-refractivity contribution in [3.8, 4) is 5.75 Å². The van der Waals surface area contributed by atoms with Gasteiger partial charge in [-0.1, -0.05) is 6.07 Å². The number of hydrogen-bond acceptors (Lipinski definition) is 4. The van der Waals surface area contributed by atoms with E-state index in [9.17, 15) is 0 Å². The largest absolute Gasteiger partial charge is 0.495 e. The quantitative estimate of drug-likeness (QED) is 0.832. The number of anilines is 2. The molecular formula is C14H22N2O2. The molecule has 1 heterocycles. The summed E-state index contributed by atoms with van der Waals surface area (Å²) < 4.78 is 10.5. The van der Waals surface area contributed by atoms with E-state index in [4.69, 9.17) is 15.2 Å². The molecular weight excluding hydrogens is 228 g/mol. The van der Waals surface area contributed by atoms with Gasteiger partial charge in [-0.15, -0.1) is 0 Å². The minimum atomic E-state index is 0.592. The van der Waals surface area contributed by atoms with Crippen molar-refractivity contribution in [2.24, 2.45) is 5.92 Å². The maximum atomic E-state index is 6.15. The molecule has 4 heteroatoms. The van der Waals surface area contributed by atoms with Gasteiger partial charge in [-0.2, -0.15) is 0 Å². The van der Waals surface area contributed by atoms with Crippen LogP contribution in [0.2, 0.25) is 0 Å². The summed E-state index contributed by atoms with van der Waals surface area (Å²) in [7, 11) is 3.41. The van der Waals surface area contributed by atoms with Gasteiger partial charge < -0.3 is 20.1 Å². The van der Waals surface area contributed by atoms with E-state index in [0.29, 0.717) is 5.92 Å². The Balaban J connectivity index is 2.15. The highest BCUT2D eigenvalue weighted by molar-refractivity contribution is 5.74. The first-order valence-corrected chi connectivity index (χ1v) is 6.42.